The third kappa shape index (κ3) is 2.49. The number of rotatable bonds is 3. The molecule has 6 nitrogen and oxygen atoms in total. The Balaban J connectivity index is 1.72. The van der Waals surface area contributed by atoms with Gasteiger partial charge in [0.15, 0.2) is 6.10 Å². The summed E-state index contributed by atoms with van der Waals surface area (Å²) in [6.45, 7) is 5.99. The minimum atomic E-state index is -0.552. The molecule has 0 saturated carbocycles. The number of H-pyrrole nitrogens is 1. The number of aromatic amines is 1. The maximum Gasteiger partial charge on any atom is 0.268 e. The minimum absolute atomic E-state index is 0.00436. The summed E-state index contributed by atoms with van der Waals surface area (Å²) >= 11 is 0. The number of anilines is 1. The predicted octanol–water partition coefficient (Wildman–Crippen LogP) is 2.43. The zero-order chi connectivity index (χ0) is 15.0. The van der Waals surface area contributed by atoms with Gasteiger partial charge in [0.05, 0.1) is 0 Å². The van der Waals surface area contributed by atoms with E-state index in [9.17, 15) is 4.79 Å². The molecule has 2 atom stereocenters. The van der Waals surface area contributed by atoms with E-state index in [1.54, 1.807) is 0 Å². The largest absolute Gasteiger partial charge is 0.480 e. The first-order valence-corrected chi connectivity index (χ1v) is 7.05. The molecule has 0 spiro atoms. The molecule has 3 rings (SSSR count). The summed E-state index contributed by atoms with van der Waals surface area (Å²) in [4.78, 5) is 16.6. The highest BCUT2D eigenvalue weighted by molar-refractivity contribution is 5.94. The number of amides is 1. The number of carbonyl (C=O) groups excluding carboxylic acids is 1. The Morgan fingerprint density at radius 2 is 2.14 bits per heavy atom. The number of nitrogens with one attached hydrogen (secondary N) is 2. The smallest absolute Gasteiger partial charge is 0.268 e. The summed E-state index contributed by atoms with van der Waals surface area (Å²) in [5, 5.41) is 9.52. The first-order chi connectivity index (χ1) is 10.1. The second-order valence-corrected chi connectivity index (χ2v) is 5.55. The van der Waals surface area contributed by atoms with E-state index >= 15 is 0 Å². The molecule has 0 radical (unpaired) electrons. The van der Waals surface area contributed by atoms with E-state index < -0.39 is 6.10 Å². The van der Waals surface area contributed by atoms with Crippen LogP contribution in [0, 0.1) is 0 Å². The molecule has 2 aromatic rings. The number of hydrogen-bond donors (Lipinski definition) is 2. The van der Waals surface area contributed by atoms with E-state index in [1.165, 1.54) is 0 Å². The summed E-state index contributed by atoms with van der Waals surface area (Å²) in [6, 6.07) is 7.71. The summed E-state index contributed by atoms with van der Waals surface area (Å²) in [5.41, 5.74) is 1.05. The van der Waals surface area contributed by atoms with Crippen molar-refractivity contribution < 1.29 is 9.53 Å². The van der Waals surface area contributed by atoms with Crippen LogP contribution in [0.25, 0.3) is 0 Å². The number of fused-ring (bicyclic) bond motifs is 1. The molecule has 0 saturated heterocycles. The second-order valence-electron chi connectivity index (χ2n) is 5.55. The molecular weight excluding hydrogens is 268 g/mol. The zero-order valence-corrected chi connectivity index (χ0v) is 12.3. The third-order valence-electron chi connectivity index (χ3n) is 3.66. The molecule has 2 N–H and O–H groups in total. The minimum Gasteiger partial charge on any atom is -0.480 e. The fourth-order valence-corrected chi connectivity index (χ4v) is 2.42. The average Bonchev–Trinajstić information content (AvgIpc) is 3.05. The van der Waals surface area contributed by atoms with Gasteiger partial charge in [-0.2, -0.15) is 4.98 Å². The van der Waals surface area contributed by atoms with Gasteiger partial charge in [-0.1, -0.05) is 39.0 Å². The van der Waals surface area contributed by atoms with Crippen LogP contribution in [0.1, 0.15) is 44.0 Å². The molecule has 1 aliphatic heterocycles. The van der Waals surface area contributed by atoms with E-state index in [-0.39, 0.29) is 23.7 Å². The Morgan fingerprint density at radius 3 is 2.81 bits per heavy atom. The predicted molar refractivity (Wildman–Crippen MR) is 78.4 cm³/mol. The van der Waals surface area contributed by atoms with E-state index in [1.807, 2.05) is 45.0 Å². The topological polar surface area (TPSA) is 79.9 Å². The molecule has 110 valence electrons. The molecule has 0 fully saturated rings. The van der Waals surface area contributed by atoms with Gasteiger partial charge in [0, 0.05) is 17.4 Å². The molecule has 2 heterocycles. The highest BCUT2D eigenvalue weighted by Crippen LogP contribution is 2.37. The van der Waals surface area contributed by atoms with Crippen LogP contribution in [0.2, 0.25) is 0 Å². The van der Waals surface area contributed by atoms with Gasteiger partial charge in [-0.05, 0) is 6.07 Å². The van der Waals surface area contributed by atoms with Crippen molar-refractivity contribution in [2.75, 3.05) is 5.32 Å². The number of ether oxygens (including phenoxy) is 1. The van der Waals surface area contributed by atoms with Crippen molar-refractivity contribution in [3.63, 3.8) is 0 Å². The first kappa shape index (κ1) is 13.6. The highest BCUT2D eigenvalue weighted by Gasteiger charge is 2.36. The third-order valence-corrected chi connectivity index (χ3v) is 3.66. The van der Waals surface area contributed by atoms with Crippen LogP contribution in [0.4, 0.5) is 5.95 Å². The second kappa shape index (κ2) is 5.20. The average molecular weight is 286 g/mol. The molecule has 0 bridgehead atoms. The van der Waals surface area contributed by atoms with Gasteiger partial charge >= 0.3 is 0 Å². The van der Waals surface area contributed by atoms with E-state index in [0.717, 1.165) is 17.1 Å². The summed E-state index contributed by atoms with van der Waals surface area (Å²) in [6.07, 6.45) is -0.552. The normalized spacial score (nSPS) is 20.2. The molecular formula is C15H18N4O2. The number of hydrogen-bond acceptors (Lipinski definition) is 4. The van der Waals surface area contributed by atoms with Crippen molar-refractivity contribution in [3.8, 4) is 5.75 Å². The van der Waals surface area contributed by atoms with E-state index in [4.69, 9.17) is 4.74 Å². The number of nitrogens with zero attached hydrogens (tertiary/aromatic N) is 2. The molecule has 1 aromatic carbocycles. The van der Waals surface area contributed by atoms with Crippen molar-refractivity contribution in [1.82, 2.24) is 15.2 Å². The standard InChI is InChI=1S/C15H18N4O2/c1-8(2)13-16-15(19-18-13)17-14(20)12-9(3)10-6-4-5-7-11(10)21-12/h4-9,12H,1-3H3,(H2,16,17,18,19,20)/t9-,12+/m1/s1. The molecule has 1 amide bonds. The van der Waals surface area contributed by atoms with Crippen LogP contribution < -0.4 is 10.1 Å². The van der Waals surface area contributed by atoms with Gasteiger partial charge in [0.25, 0.3) is 5.91 Å². The maximum absolute atomic E-state index is 12.3. The summed E-state index contributed by atoms with van der Waals surface area (Å²) in [5.74, 6) is 1.80. The molecule has 0 unspecified atom stereocenters. The fraction of sp³-hybridized carbons (Fsp3) is 0.400. The quantitative estimate of drug-likeness (QED) is 0.908. The van der Waals surface area contributed by atoms with Gasteiger partial charge in [-0.25, -0.2) is 0 Å². The lowest BCUT2D eigenvalue weighted by atomic mass is 9.97. The van der Waals surface area contributed by atoms with E-state index in [0.29, 0.717) is 0 Å². The monoisotopic (exact) mass is 286 g/mol. The van der Waals surface area contributed by atoms with Gasteiger partial charge in [0.1, 0.15) is 11.6 Å². The van der Waals surface area contributed by atoms with Crippen LogP contribution in [-0.4, -0.2) is 27.2 Å². The van der Waals surface area contributed by atoms with Crippen LogP contribution in [0.3, 0.4) is 0 Å². The fourth-order valence-electron chi connectivity index (χ4n) is 2.42. The Morgan fingerprint density at radius 1 is 1.38 bits per heavy atom. The molecule has 6 heteroatoms. The van der Waals surface area contributed by atoms with Crippen LogP contribution >= 0.6 is 0 Å². The number of carbonyl (C=O) groups is 1. The molecule has 21 heavy (non-hydrogen) atoms. The van der Waals surface area contributed by atoms with Crippen molar-refractivity contribution in [3.05, 3.63) is 35.7 Å². The molecule has 1 aliphatic rings. The first-order valence-electron chi connectivity index (χ1n) is 7.05. The lowest BCUT2D eigenvalue weighted by Crippen LogP contribution is -2.33. The van der Waals surface area contributed by atoms with E-state index in [2.05, 4.69) is 20.5 Å². The SMILES string of the molecule is CC(C)c1nc(NC(=O)[C@H]2Oc3ccccc3[C@H]2C)n[nH]1. The van der Waals surface area contributed by atoms with Gasteiger partial charge in [0.2, 0.25) is 5.95 Å². The van der Waals surface area contributed by atoms with Crippen LogP contribution in [-0.2, 0) is 4.79 Å². The maximum atomic E-state index is 12.3. The Labute approximate surface area is 122 Å². The molecule has 0 aliphatic carbocycles. The Bertz CT molecular complexity index is 665. The van der Waals surface area contributed by atoms with Crippen LogP contribution in [0.15, 0.2) is 24.3 Å². The lowest BCUT2D eigenvalue weighted by molar-refractivity contribution is -0.122. The van der Waals surface area contributed by atoms with Crippen molar-refractivity contribution in [2.24, 2.45) is 0 Å². The summed E-state index contributed by atoms with van der Waals surface area (Å²) in [7, 11) is 0. The lowest BCUT2D eigenvalue weighted by Gasteiger charge is -2.13. The molecule has 1 aromatic heterocycles. The van der Waals surface area contributed by atoms with Crippen molar-refractivity contribution in [1.29, 1.82) is 0 Å². The number of para-hydroxylation sites is 1. The summed E-state index contributed by atoms with van der Waals surface area (Å²) < 4.78 is 5.73. The number of benzene rings is 1. The van der Waals surface area contributed by atoms with Crippen molar-refractivity contribution >= 4 is 11.9 Å². The van der Waals surface area contributed by atoms with Crippen molar-refractivity contribution in [2.45, 2.75) is 38.7 Å². The van der Waals surface area contributed by atoms with Gasteiger partial charge in [-0.3, -0.25) is 15.2 Å². The highest BCUT2D eigenvalue weighted by atomic mass is 16.5. The van der Waals surface area contributed by atoms with Gasteiger partial charge < -0.3 is 4.74 Å². The zero-order valence-electron chi connectivity index (χ0n) is 12.3. The Kier molecular flexibility index (Phi) is 3.37. The number of aromatic nitrogens is 3. The van der Waals surface area contributed by atoms with Crippen LogP contribution in [0.5, 0.6) is 5.75 Å². The Hall–Kier alpha value is -2.37. The van der Waals surface area contributed by atoms with Gasteiger partial charge in [-0.15, -0.1) is 5.10 Å².